The van der Waals surface area contributed by atoms with E-state index in [0.29, 0.717) is 11.3 Å². The highest BCUT2D eigenvalue weighted by molar-refractivity contribution is 5.98. The van der Waals surface area contributed by atoms with Gasteiger partial charge < -0.3 is 9.84 Å². The molecule has 0 radical (unpaired) electrons. The molecule has 5 heteroatoms. The number of hydrogen-bond donors (Lipinski definition) is 2. The maximum atomic E-state index is 12.3. The maximum Gasteiger partial charge on any atom is 0.321 e. The highest BCUT2D eigenvalue weighted by Crippen LogP contribution is 2.16. The molecule has 0 spiro atoms. The van der Waals surface area contributed by atoms with Crippen LogP contribution in [-0.4, -0.2) is 30.0 Å². The molecule has 0 saturated heterocycles. The third-order valence-corrected chi connectivity index (χ3v) is 3.85. The smallest absolute Gasteiger partial charge is 0.321 e. The highest BCUT2D eigenvalue weighted by Gasteiger charge is 2.24. The number of carboxylic acids is 1. The molecule has 0 aliphatic rings. The van der Waals surface area contributed by atoms with Crippen LogP contribution in [0, 0.1) is 0 Å². The van der Waals surface area contributed by atoms with E-state index in [1.54, 1.807) is 31.4 Å². The molecule has 0 amide bonds. The van der Waals surface area contributed by atoms with Crippen molar-refractivity contribution in [2.75, 3.05) is 7.11 Å². The first-order valence-electron chi connectivity index (χ1n) is 7.72. The molecule has 0 aliphatic heterocycles. The Bertz CT molecular complexity index is 682. The van der Waals surface area contributed by atoms with Gasteiger partial charge in [0.2, 0.25) is 0 Å². The molecular formula is C19H21NO4. The molecule has 2 atom stereocenters. The number of ether oxygens (including phenoxy) is 1. The zero-order valence-corrected chi connectivity index (χ0v) is 13.7. The van der Waals surface area contributed by atoms with Crippen LogP contribution in [0.25, 0.3) is 0 Å². The molecule has 0 fully saturated rings. The van der Waals surface area contributed by atoms with Gasteiger partial charge in [0.1, 0.15) is 11.8 Å². The molecule has 2 aromatic carbocycles. The van der Waals surface area contributed by atoms with E-state index in [0.717, 1.165) is 5.56 Å². The number of carbonyl (C=O) groups is 2. The van der Waals surface area contributed by atoms with Gasteiger partial charge in [-0.2, -0.15) is 0 Å². The van der Waals surface area contributed by atoms with Crippen LogP contribution in [0.5, 0.6) is 5.75 Å². The molecule has 0 aliphatic carbocycles. The summed E-state index contributed by atoms with van der Waals surface area (Å²) in [5, 5.41) is 12.4. The number of carboxylic acid groups (broad SMARTS) is 1. The van der Waals surface area contributed by atoms with E-state index in [2.05, 4.69) is 5.32 Å². The number of ketones is 1. The molecule has 126 valence electrons. The van der Waals surface area contributed by atoms with Gasteiger partial charge in [-0.05, 0) is 36.8 Å². The molecule has 0 heterocycles. The standard InChI is InChI=1S/C19H21NO4/c1-13(14-6-4-3-5-7-14)20-17(19(22)23)12-18(21)15-8-10-16(24-2)11-9-15/h3-11,13,17,20H,12H2,1-2H3,(H,22,23)/t13-,17-/m0/s1. The number of hydrogen-bond acceptors (Lipinski definition) is 4. The molecule has 2 rings (SSSR count). The third-order valence-electron chi connectivity index (χ3n) is 3.85. The fourth-order valence-electron chi connectivity index (χ4n) is 2.44. The molecule has 5 nitrogen and oxygen atoms in total. The lowest BCUT2D eigenvalue weighted by Crippen LogP contribution is -2.40. The Kier molecular flexibility index (Phi) is 6.09. The summed E-state index contributed by atoms with van der Waals surface area (Å²) in [5.41, 5.74) is 1.44. The monoisotopic (exact) mass is 327 g/mol. The molecular weight excluding hydrogens is 306 g/mol. The van der Waals surface area contributed by atoms with Crippen LogP contribution in [0.4, 0.5) is 0 Å². The summed E-state index contributed by atoms with van der Waals surface area (Å²) >= 11 is 0. The first-order chi connectivity index (χ1) is 11.5. The summed E-state index contributed by atoms with van der Waals surface area (Å²) in [6, 6.07) is 15.1. The summed E-state index contributed by atoms with van der Waals surface area (Å²) in [5.74, 6) is -0.616. The number of Topliss-reactive ketones (excluding diaryl/α,β-unsaturated/α-hetero) is 1. The molecule has 2 N–H and O–H groups in total. The summed E-state index contributed by atoms with van der Waals surface area (Å²) in [4.78, 5) is 23.8. The van der Waals surface area contributed by atoms with Gasteiger partial charge in [-0.25, -0.2) is 0 Å². The van der Waals surface area contributed by atoms with Gasteiger partial charge in [0.05, 0.1) is 7.11 Å². The van der Waals surface area contributed by atoms with Crippen LogP contribution >= 0.6 is 0 Å². The Balaban J connectivity index is 2.04. The second-order valence-electron chi connectivity index (χ2n) is 5.55. The molecule has 0 saturated carbocycles. The van der Waals surface area contributed by atoms with Crippen molar-refractivity contribution in [2.45, 2.75) is 25.4 Å². The van der Waals surface area contributed by atoms with E-state index in [1.807, 2.05) is 37.3 Å². The lowest BCUT2D eigenvalue weighted by atomic mass is 10.0. The zero-order valence-electron chi connectivity index (χ0n) is 13.7. The van der Waals surface area contributed by atoms with Crippen LogP contribution in [-0.2, 0) is 4.79 Å². The Hall–Kier alpha value is -2.66. The highest BCUT2D eigenvalue weighted by atomic mass is 16.5. The molecule has 24 heavy (non-hydrogen) atoms. The van der Waals surface area contributed by atoms with Crippen molar-refractivity contribution in [1.29, 1.82) is 0 Å². The van der Waals surface area contributed by atoms with E-state index in [4.69, 9.17) is 4.74 Å². The number of rotatable bonds is 8. The van der Waals surface area contributed by atoms with Crippen LogP contribution in [0.1, 0.15) is 35.3 Å². The van der Waals surface area contributed by atoms with E-state index in [9.17, 15) is 14.7 Å². The van der Waals surface area contributed by atoms with E-state index >= 15 is 0 Å². The lowest BCUT2D eigenvalue weighted by Gasteiger charge is -2.20. The van der Waals surface area contributed by atoms with Crippen molar-refractivity contribution in [3.05, 3.63) is 65.7 Å². The van der Waals surface area contributed by atoms with Crippen molar-refractivity contribution in [1.82, 2.24) is 5.32 Å². The summed E-state index contributed by atoms with van der Waals surface area (Å²) in [6.07, 6.45) is -0.112. The number of carbonyl (C=O) groups excluding carboxylic acids is 1. The van der Waals surface area contributed by atoms with E-state index in [-0.39, 0.29) is 18.2 Å². The van der Waals surface area contributed by atoms with Crippen LogP contribution in [0.2, 0.25) is 0 Å². The summed E-state index contributed by atoms with van der Waals surface area (Å²) in [6.45, 7) is 1.88. The van der Waals surface area contributed by atoms with Gasteiger partial charge in [0.15, 0.2) is 5.78 Å². The van der Waals surface area contributed by atoms with Gasteiger partial charge in [-0.15, -0.1) is 0 Å². The third kappa shape index (κ3) is 4.67. The largest absolute Gasteiger partial charge is 0.497 e. The predicted molar refractivity (Wildman–Crippen MR) is 91.4 cm³/mol. The van der Waals surface area contributed by atoms with Crippen molar-refractivity contribution in [3.8, 4) is 5.75 Å². The normalized spacial score (nSPS) is 13.1. The average Bonchev–Trinajstić information content (AvgIpc) is 2.61. The SMILES string of the molecule is COc1ccc(C(=O)C[C@H](N[C@@H](C)c2ccccc2)C(=O)O)cc1. The van der Waals surface area contributed by atoms with Crippen molar-refractivity contribution in [3.63, 3.8) is 0 Å². The van der Waals surface area contributed by atoms with Gasteiger partial charge in [-0.3, -0.25) is 14.9 Å². The number of benzene rings is 2. The Labute approximate surface area is 141 Å². The van der Waals surface area contributed by atoms with Gasteiger partial charge in [0, 0.05) is 18.0 Å². The molecule has 0 bridgehead atoms. The van der Waals surface area contributed by atoms with Gasteiger partial charge in [0.25, 0.3) is 0 Å². The second kappa shape index (κ2) is 8.26. The van der Waals surface area contributed by atoms with Crippen LogP contribution < -0.4 is 10.1 Å². The zero-order chi connectivity index (χ0) is 17.5. The minimum absolute atomic E-state index is 0.112. The van der Waals surface area contributed by atoms with Crippen molar-refractivity contribution < 1.29 is 19.4 Å². The van der Waals surface area contributed by atoms with Crippen LogP contribution in [0.3, 0.4) is 0 Å². The minimum Gasteiger partial charge on any atom is -0.497 e. The van der Waals surface area contributed by atoms with E-state index in [1.165, 1.54) is 0 Å². The Morgan fingerprint density at radius 3 is 2.25 bits per heavy atom. The number of aliphatic carboxylic acids is 1. The van der Waals surface area contributed by atoms with E-state index < -0.39 is 12.0 Å². The first kappa shape index (κ1) is 17.7. The number of nitrogens with one attached hydrogen (secondary N) is 1. The molecule has 2 aromatic rings. The number of methoxy groups -OCH3 is 1. The summed E-state index contributed by atoms with van der Waals surface area (Å²) < 4.78 is 5.05. The predicted octanol–water partition coefficient (Wildman–Crippen LogP) is 3.07. The second-order valence-corrected chi connectivity index (χ2v) is 5.55. The van der Waals surface area contributed by atoms with Gasteiger partial charge in [-0.1, -0.05) is 30.3 Å². The van der Waals surface area contributed by atoms with Gasteiger partial charge >= 0.3 is 5.97 Å². The lowest BCUT2D eigenvalue weighted by molar-refractivity contribution is -0.139. The average molecular weight is 327 g/mol. The first-order valence-corrected chi connectivity index (χ1v) is 7.72. The maximum absolute atomic E-state index is 12.3. The Morgan fingerprint density at radius 1 is 1.08 bits per heavy atom. The fraction of sp³-hybridized carbons (Fsp3) is 0.263. The fourth-order valence-corrected chi connectivity index (χ4v) is 2.44. The summed E-state index contributed by atoms with van der Waals surface area (Å²) in [7, 11) is 1.55. The van der Waals surface area contributed by atoms with Crippen molar-refractivity contribution in [2.24, 2.45) is 0 Å². The molecule has 0 aromatic heterocycles. The quantitative estimate of drug-likeness (QED) is 0.729. The molecule has 0 unspecified atom stereocenters. The Morgan fingerprint density at radius 2 is 1.71 bits per heavy atom. The van der Waals surface area contributed by atoms with Crippen LogP contribution in [0.15, 0.2) is 54.6 Å². The topological polar surface area (TPSA) is 75.6 Å². The minimum atomic E-state index is -1.04. The van der Waals surface area contributed by atoms with Crippen molar-refractivity contribution >= 4 is 11.8 Å².